The maximum absolute atomic E-state index is 5.33. The van der Waals surface area contributed by atoms with Gasteiger partial charge in [-0.15, -0.1) is 0 Å². The third kappa shape index (κ3) is 2.90. The number of hydrogen-bond acceptors (Lipinski definition) is 2. The van der Waals surface area contributed by atoms with Crippen molar-refractivity contribution in [3.63, 3.8) is 0 Å². The van der Waals surface area contributed by atoms with Gasteiger partial charge in [0.1, 0.15) is 5.75 Å². The number of methoxy groups -OCH3 is 1. The molecule has 0 saturated heterocycles. The molecule has 1 aliphatic carbocycles. The Balaban J connectivity index is 1.86. The zero-order valence-corrected chi connectivity index (χ0v) is 12.9. The summed E-state index contributed by atoms with van der Waals surface area (Å²) in [6.07, 6.45) is 3.47. The Morgan fingerprint density at radius 3 is 2.81 bits per heavy atom. The van der Waals surface area contributed by atoms with E-state index in [1.807, 2.05) is 0 Å². The van der Waals surface area contributed by atoms with Crippen LogP contribution in [0.1, 0.15) is 36.0 Å². The molecule has 0 fully saturated rings. The summed E-state index contributed by atoms with van der Waals surface area (Å²) in [5.41, 5.74) is 5.67. The predicted octanol–water partition coefficient (Wildman–Crippen LogP) is 4.40. The van der Waals surface area contributed by atoms with E-state index in [4.69, 9.17) is 4.74 Å². The summed E-state index contributed by atoms with van der Waals surface area (Å²) in [6.45, 7) is 3.12. The number of benzene rings is 2. The largest absolute Gasteiger partial charge is 0.497 e. The van der Waals surface area contributed by atoms with Crippen LogP contribution in [0.3, 0.4) is 0 Å². The molecular weight excluding hydrogens is 258 g/mol. The molecule has 110 valence electrons. The van der Waals surface area contributed by atoms with E-state index in [1.54, 1.807) is 7.11 Å². The van der Waals surface area contributed by atoms with Crippen molar-refractivity contribution in [1.29, 1.82) is 0 Å². The monoisotopic (exact) mass is 281 g/mol. The van der Waals surface area contributed by atoms with Gasteiger partial charge < -0.3 is 10.1 Å². The minimum absolute atomic E-state index is 0.612. The summed E-state index contributed by atoms with van der Waals surface area (Å²) >= 11 is 0. The van der Waals surface area contributed by atoms with Crippen LogP contribution in [0.2, 0.25) is 0 Å². The quantitative estimate of drug-likeness (QED) is 0.897. The summed E-state index contributed by atoms with van der Waals surface area (Å²) in [6, 6.07) is 15.2. The highest BCUT2D eigenvalue weighted by Gasteiger charge is 2.22. The summed E-state index contributed by atoms with van der Waals surface area (Å²) < 4.78 is 5.33. The van der Waals surface area contributed by atoms with Crippen molar-refractivity contribution in [3.8, 4) is 5.75 Å². The van der Waals surface area contributed by atoms with Gasteiger partial charge in [0, 0.05) is 12.2 Å². The highest BCUT2D eigenvalue weighted by Crippen LogP contribution is 2.37. The Hall–Kier alpha value is -1.96. The number of anilines is 1. The number of rotatable bonds is 4. The van der Waals surface area contributed by atoms with Gasteiger partial charge >= 0.3 is 0 Å². The number of hydrogen-bond donors (Lipinski definition) is 1. The zero-order chi connectivity index (χ0) is 14.7. The number of fused-ring (bicyclic) bond motifs is 1. The SMILES string of the molecule is CCNc1ccccc1C1CCc2cc(OC)ccc2C1. The van der Waals surface area contributed by atoms with Gasteiger partial charge in [-0.3, -0.25) is 0 Å². The highest BCUT2D eigenvalue weighted by atomic mass is 16.5. The molecule has 1 N–H and O–H groups in total. The summed E-state index contributed by atoms with van der Waals surface area (Å²) in [5, 5.41) is 3.50. The second kappa shape index (κ2) is 6.21. The second-order valence-corrected chi connectivity index (χ2v) is 5.69. The number of aryl methyl sites for hydroxylation is 1. The van der Waals surface area contributed by atoms with E-state index in [1.165, 1.54) is 28.8 Å². The standard InChI is InChI=1S/C19H23NO/c1-3-20-19-7-5-4-6-18(19)16-9-8-15-13-17(21-2)11-10-14(15)12-16/h4-7,10-11,13,16,20H,3,8-9,12H2,1-2H3. The normalized spacial score (nSPS) is 17.1. The minimum Gasteiger partial charge on any atom is -0.497 e. The molecule has 0 amide bonds. The van der Waals surface area contributed by atoms with Gasteiger partial charge in [-0.2, -0.15) is 0 Å². The lowest BCUT2D eigenvalue weighted by molar-refractivity contribution is 0.413. The molecule has 0 saturated carbocycles. The van der Waals surface area contributed by atoms with Gasteiger partial charge in [0.05, 0.1) is 7.11 Å². The second-order valence-electron chi connectivity index (χ2n) is 5.69. The van der Waals surface area contributed by atoms with Crippen molar-refractivity contribution in [3.05, 3.63) is 59.2 Å². The molecule has 3 rings (SSSR count). The smallest absolute Gasteiger partial charge is 0.119 e. The Kier molecular flexibility index (Phi) is 4.14. The molecular formula is C19H23NO. The van der Waals surface area contributed by atoms with Crippen LogP contribution in [0.5, 0.6) is 5.75 Å². The van der Waals surface area contributed by atoms with Gasteiger partial charge in [0.2, 0.25) is 0 Å². The Bertz CT molecular complexity index is 621. The zero-order valence-electron chi connectivity index (χ0n) is 12.9. The van der Waals surface area contributed by atoms with E-state index in [0.717, 1.165) is 25.1 Å². The molecule has 0 bridgehead atoms. The van der Waals surface area contributed by atoms with E-state index in [9.17, 15) is 0 Å². The van der Waals surface area contributed by atoms with Gasteiger partial charge in [-0.25, -0.2) is 0 Å². The molecule has 0 aliphatic heterocycles. The summed E-state index contributed by atoms with van der Waals surface area (Å²) in [7, 11) is 1.74. The third-order valence-electron chi connectivity index (χ3n) is 4.41. The average Bonchev–Trinajstić information content (AvgIpc) is 2.55. The molecule has 2 aromatic rings. The molecule has 2 heteroatoms. The highest BCUT2D eigenvalue weighted by molar-refractivity contribution is 5.54. The van der Waals surface area contributed by atoms with Crippen LogP contribution < -0.4 is 10.1 Å². The molecule has 1 atom stereocenters. The Labute approximate surface area is 127 Å². The molecule has 2 nitrogen and oxygen atoms in total. The molecule has 2 aromatic carbocycles. The van der Waals surface area contributed by atoms with Crippen LogP contribution in [-0.2, 0) is 12.8 Å². The maximum atomic E-state index is 5.33. The molecule has 0 spiro atoms. The van der Waals surface area contributed by atoms with Gasteiger partial charge in [0.25, 0.3) is 0 Å². The number of para-hydroxylation sites is 1. The fraction of sp³-hybridized carbons (Fsp3) is 0.368. The van der Waals surface area contributed by atoms with Crippen LogP contribution >= 0.6 is 0 Å². The van der Waals surface area contributed by atoms with Crippen molar-refractivity contribution < 1.29 is 4.74 Å². The lowest BCUT2D eigenvalue weighted by Gasteiger charge is -2.27. The summed E-state index contributed by atoms with van der Waals surface area (Å²) in [4.78, 5) is 0. The predicted molar refractivity (Wildman–Crippen MR) is 88.4 cm³/mol. The number of nitrogens with one attached hydrogen (secondary N) is 1. The third-order valence-corrected chi connectivity index (χ3v) is 4.41. The first kappa shape index (κ1) is 14.0. The molecule has 21 heavy (non-hydrogen) atoms. The molecule has 1 aliphatic rings. The first-order valence-corrected chi connectivity index (χ1v) is 7.80. The Morgan fingerprint density at radius 1 is 1.14 bits per heavy atom. The fourth-order valence-electron chi connectivity index (χ4n) is 3.33. The van der Waals surface area contributed by atoms with E-state index in [-0.39, 0.29) is 0 Å². The van der Waals surface area contributed by atoms with Crippen molar-refractivity contribution in [2.24, 2.45) is 0 Å². The van der Waals surface area contributed by atoms with E-state index in [2.05, 4.69) is 54.7 Å². The van der Waals surface area contributed by atoms with Crippen LogP contribution in [0.4, 0.5) is 5.69 Å². The van der Waals surface area contributed by atoms with Crippen molar-refractivity contribution in [2.75, 3.05) is 19.0 Å². The fourth-order valence-corrected chi connectivity index (χ4v) is 3.33. The van der Waals surface area contributed by atoms with Crippen molar-refractivity contribution >= 4 is 5.69 Å². The van der Waals surface area contributed by atoms with Crippen LogP contribution in [0.25, 0.3) is 0 Å². The lowest BCUT2D eigenvalue weighted by Crippen LogP contribution is -2.14. The van der Waals surface area contributed by atoms with Gasteiger partial charge in [-0.05, 0) is 67.0 Å². The van der Waals surface area contributed by atoms with E-state index < -0.39 is 0 Å². The first-order valence-electron chi connectivity index (χ1n) is 7.80. The lowest BCUT2D eigenvalue weighted by atomic mass is 9.79. The van der Waals surface area contributed by atoms with Crippen molar-refractivity contribution in [1.82, 2.24) is 0 Å². The minimum atomic E-state index is 0.612. The first-order chi connectivity index (χ1) is 10.3. The average molecular weight is 281 g/mol. The molecule has 0 aromatic heterocycles. The Morgan fingerprint density at radius 2 is 2.00 bits per heavy atom. The van der Waals surface area contributed by atoms with Crippen LogP contribution in [0, 0.1) is 0 Å². The maximum Gasteiger partial charge on any atom is 0.119 e. The van der Waals surface area contributed by atoms with Gasteiger partial charge in [0.15, 0.2) is 0 Å². The molecule has 0 radical (unpaired) electrons. The number of ether oxygens (including phenoxy) is 1. The molecule has 1 unspecified atom stereocenters. The van der Waals surface area contributed by atoms with Crippen molar-refractivity contribution in [2.45, 2.75) is 32.1 Å². The van der Waals surface area contributed by atoms with Gasteiger partial charge in [-0.1, -0.05) is 24.3 Å². The van der Waals surface area contributed by atoms with Crippen LogP contribution in [-0.4, -0.2) is 13.7 Å². The molecule has 0 heterocycles. The van der Waals surface area contributed by atoms with E-state index in [0.29, 0.717) is 5.92 Å². The topological polar surface area (TPSA) is 21.3 Å². The van der Waals surface area contributed by atoms with E-state index >= 15 is 0 Å². The van der Waals surface area contributed by atoms with Crippen LogP contribution in [0.15, 0.2) is 42.5 Å². The summed E-state index contributed by atoms with van der Waals surface area (Å²) in [5.74, 6) is 1.58.